The van der Waals surface area contributed by atoms with E-state index in [4.69, 9.17) is 0 Å². The molecule has 1 aliphatic heterocycles. The SMILES string of the molecule is CCCC[C@H](C)C[C@H](O)C=C[C@@H]1[C@H]2CC(CSCCCN3CCCCC3)=C[C@H]2C[C@H]1O. The van der Waals surface area contributed by atoms with Crippen LogP contribution in [0.25, 0.3) is 0 Å². The van der Waals surface area contributed by atoms with Crippen LogP contribution in [0.1, 0.15) is 78.1 Å². The van der Waals surface area contributed by atoms with E-state index >= 15 is 0 Å². The highest BCUT2D eigenvalue weighted by Gasteiger charge is 2.43. The zero-order valence-electron chi connectivity index (χ0n) is 20.1. The van der Waals surface area contributed by atoms with Gasteiger partial charge < -0.3 is 15.1 Å². The summed E-state index contributed by atoms with van der Waals surface area (Å²) in [5.74, 6) is 4.28. The van der Waals surface area contributed by atoms with Crippen molar-refractivity contribution in [3.63, 3.8) is 0 Å². The monoisotopic (exact) mass is 449 g/mol. The maximum Gasteiger partial charge on any atom is 0.0723 e. The lowest BCUT2D eigenvalue weighted by Crippen LogP contribution is -2.30. The number of allylic oxidation sites excluding steroid dienone is 1. The van der Waals surface area contributed by atoms with Crippen LogP contribution in [0.2, 0.25) is 0 Å². The number of nitrogens with zero attached hydrogens (tertiary/aromatic N) is 1. The van der Waals surface area contributed by atoms with Gasteiger partial charge >= 0.3 is 0 Å². The van der Waals surface area contributed by atoms with Crippen LogP contribution in [0.15, 0.2) is 23.8 Å². The van der Waals surface area contributed by atoms with Crippen LogP contribution in [-0.2, 0) is 0 Å². The van der Waals surface area contributed by atoms with Gasteiger partial charge in [0.1, 0.15) is 0 Å². The molecule has 2 fully saturated rings. The van der Waals surface area contributed by atoms with E-state index in [-0.39, 0.29) is 18.1 Å². The molecule has 0 amide bonds. The normalized spacial score (nSPS) is 31.2. The molecule has 0 bridgehead atoms. The zero-order chi connectivity index (χ0) is 22.1. The first-order valence-electron chi connectivity index (χ1n) is 13.1. The van der Waals surface area contributed by atoms with Crippen LogP contribution in [0, 0.1) is 23.7 Å². The Hall–Kier alpha value is -0.290. The van der Waals surface area contributed by atoms with E-state index in [0.29, 0.717) is 17.8 Å². The number of aliphatic hydroxyl groups excluding tert-OH is 2. The highest BCUT2D eigenvalue weighted by atomic mass is 32.2. The van der Waals surface area contributed by atoms with Crippen LogP contribution in [-0.4, -0.2) is 58.5 Å². The molecule has 0 spiro atoms. The summed E-state index contributed by atoms with van der Waals surface area (Å²) in [5, 5.41) is 21.0. The van der Waals surface area contributed by atoms with E-state index in [1.165, 1.54) is 70.3 Å². The second kappa shape index (κ2) is 13.4. The van der Waals surface area contributed by atoms with Crippen molar-refractivity contribution in [3.8, 4) is 0 Å². The van der Waals surface area contributed by atoms with Crippen molar-refractivity contribution in [1.29, 1.82) is 0 Å². The third-order valence-electron chi connectivity index (χ3n) is 7.70. The molecular weight excluding hydrogens is 402 g/mol. The lowest BCUT2D eigenvalue weighted by molar-refractivity contribution is 0.139. The van der Waals surface area contributed by atoms with Gasteiger partial charge in [0.25, 0.3) is 0 Å². The lowest BCUT2D eigenvalue weighted by Gasteiger charge is -2.26. The van der Waals surface area contributed by atoms with Gasteiger partial charge in [0.05, 0.1) is 12.2 Å². The predicted octanol–water partition coefficient (Wildman–Crippen LogP) is 5.67. The van der Waals surface area contributed by atoms with Crippen molar-refractivity contribution in [3.05, 3.63) is 23.8 Å². The fourth-order valence-corrected chi connectivity index (χ4v) is 6.86. The highest BCUT2D eigenvalue weighted by Crippen LogP contribution is 2.47. The van der Waals surface area contributed by atoms with Gasteiger partial charge in [-0.25, -0.2) is 0 Å². The van der Waals surface area contributed by atoms with Crippen LogP contribution in [0.4, 0.5) is 0 Å². The van der Waals surface area contributed by atoms with E-state index in [9.17, 15) is 10.2 Å². The number of aliphatic hydroxyl groups is 2. The van der Waals surface area contributed by atoms with Crippen LogP contribution in [0.3, 0.4) is 0 Å². The van der Waals surface area contributed by atoms with E-state index in [1.807, 2.05) is 6.08 Å². The van der Waals surface area contributed by atoms with E-state index in [1.54, 1.807) is 5.57 Å². The van der Waals surface area contributed by atoms with Gasteiger partial charge in [0, 0.05) is 11.7 Å². The molecule has 31 heavy (non-hydrogen) atoms. The van der Waals surface area contributed by atoms with Gasteiger partial charge in [-0.1, -0.05) is 63.3 Å². The average Bonchev–Trinajstić information content (AvgIpc) is 3.27. The van der Waals surface area contributed by atoms with Crippen LogP contribution in [0.5, 0.6) is 0 Å². The quantitative estimate of drug-likeness (QED) is 0.281. The molecule has 1 saturated carbocycles. The van der Waals surface area contributed by atoms with Gasteiger partial charge in [0.15, 0.2) is 0 Å². The second-order valence-electron chi connectivity index (χ2n) is 10.5. The molecule has 3 nitrogen and oxygen atoms in total. The molecule has 0 aromatic carbocycles. The van der Waals surface area contributed by atoms with Crippen molar-refractivity contribution in [1.82, 2.24) is 4.90 Å². The molecule has 3 rings (SSSR count). The maximum atomic E-state index is 10.6. The number of hydrogen-bond donors (Lipinski definition) is 2. The third-order valence-corrected chi connectivity index (χ3v) is 8.85. The van der Waals surface area contributed by atoms with Gasteiger partial charge in [-0.15, -0.1) is 0 Å². The smallest absolute Gasteiger partial charge is 0.0723 e. The Balaban J connectivity index is 1.35. The van der Waals surface area contributed by atoms with Crippen molar-refractivity contribution < 1.29 is 10.2 Å². The van der Waals surface area contributed by atoms with Crippen molar-refractivity contribution in [2.24, 2.45) is 23.7 Å². The summed E-state index contributed by atoms with van der Waals surface area (Å²) in [5.41, 5.74) is 1.59. The highest BCUT2D eigenvalue weighted by molar-refractivity contribution is 7.99. The first kappa shape index (κ1) is 25.3. The molecule has 2 aliphatic carbocycles. The standard InChI is InChI=1S/C27H47NO2S/c1-3-4-9-21(2)16-24(29)10-11-25-26-18-22(17-23(26)19-27(25)30)20-31-15-8-14-28-12-6-5-7-13-28/h10-11,17,21,23-27,29-30H,3-9,12-16,18-20H2,1-2H3/t21-,23-,24+,25+,26-,27+/m0/s1. The topological polar surface area (TPSA) is 43.7 Å². The van der Waals surface area contributed by atoms with E-state index in [2.05, 4.69) is 42.7 Å². The summed E-state index contributed by atoms with van der Waals surface area (Å²) < 4.78 is 0. The molecule has 4 heteroatoms. The van der Waals surface area contributed by atoms with Crippen LogP contribution >= 0.6 is 11.8 Å². The minimum absolute atomic E-state index is 0.212. The first-order chi connectivity index (χ1) is 15.1. The Morgan fingerprint density at radius 2 is 2.03 bits per heavy atom. The summed E-state index contributed by atoms with van der Waals surface area (Å²) in [6.45, 7) is 8.35. The number of hydrogen-bond acceptors (Lipinski definition) is 4. The fourth-order valence-electron chi connectivity index (χ4n) is 5.91. The number of thioether (sulfide) groups is 1. The third kappa shape index (κ3) is 8.21. The summed E-state index contributed by atoms with van der Waals surface area (Å²) >= 11 is 2.10. The summed E-state index contributed by atoms with van der Waals surface area (Å²) in [4.78, 5) is 2.64. The number of fused-ring (bicyclic) bond motifs is 1. The van der Waals surface area contributed by atoms with Gasteiger partial charge in [-0.2, -0.15) is 11.8 Å². The number of unbranched alkanes of at least 4 members (excludes halogenated alkanes) is 1. The predicted molar refractivity (Wildman–Crippen MR) is 134 cm³/mol. The molecule has 2 N–H and O–H groups in total. The largest absolute Gasteiger partial charge is 0.392 e. The number of rotatable bonds is 13. The van der Waals surface area contributed by atoms with Crippen molar-refractivity contribution in [2.75, 3.05) is 31.1 Å². The average molecular weight is 450 g/mol. The Morgan fingerprint density at radius 1 is 1.23 bits per heavy atom. The molecular formula is C27H47NO2S. The molecule has 178 valence electrons. The van der Waals surface area contributed by atoms with Gasteiger partial charge in [-0.3, -0.25) is 0 Å². The molecule has 0 aromatic heterocycles. The molecule has 1 saturated heterocycles. The summed E-state index contributed by atoms with van der Waals surface area (Å²) in [6, 6.07) is 0. The van der Waals surface area contributed by atoms with E-state index in [0.717, 1.165) is 25.0 Å². The molecule has 3 aliphatic rings. The Bertz CT molecular complexity index is 572. The Labute approximate surface area is 195 Å². The summed E-state index contributed by atoms with van der Waals surface area (Å²) in [6.07, 6.45) is 18.0. The Morgan fingerprint density at radius 3 is 2.81 bits per heavy atom. The molecule has 0 unspecified atom stereocenters. The van der Waals surface area contributed by atoms with Crippen molar-refractivity contribution in [2.45, 2.75) is 90.3 Å². The first-order valence-corrected chi connectivity index (χ1v) is 14.3. The van der Waals surface area contributed by atoms with Crippen LogP contribution < -0.4 is 0 Å². The number of likely N-dealkylation sites (tertiary alicyclic amines) is 1. The molecule has 0 radical (unpaired) electrons. The second-order valence-corrected chi connectivity index (χ2v) is 11.6. The fraction of sp³-hybridized carbons (Fsp3) is 0.852. The number of piperidine rings is 1. The van der Waals surface area contributed by atoms with Gasteiger partial charge in [-0.05, 0) is 81.7 Å². The summed E-state index contributed by atoms with van der Waals surface area (Å²) in [7, 11) is 0. The Kier molecular flexibility index (Phi) is 11.0. The molecule has 0 aromatic rings. The minimum Gasteiger partial charge on any atom is -0.392 e. The maximum absolute atomic E-state index is 10.6. The zero-order valence-corrected chi connectivity index (χ0v) is 20.9. The molecule has 6 atom stereocenters. The van der Waals surface area contributed by atoms with Gasteiger partial charge in [0.2, 0.25) is 0 Å². The lowest BCUT2D eigenvalue weighted by atomic mass is 9.88. The van der Waals surface area contributed by atoms with E-state index < -0.39 is 0 Å². The van der Waals surface area contributed by atoms with Crippen molar-refractivity contribution >= 4 is 11.8 Å². The minimum atomic E-state index is -0.373. The molecule has 1 heterocycles.